The molecule has 3 rings (SSSR count). The lowest BCUT2D eigenvalue weighted by Crippen LogP contribution is -2.52. The first kappa shape index (κ1) is 32.3. The predicted molar refractivity (Wildman–Crippen MR) is 165 cm³/mol. The second kappa shape index (κ2) is 14.6. The highest BCUT2D eigenvalue weighted by Gasteiger charge is 2.33. The number of anilines is 1. The van der Waals surface area contributed by atoms with Gasteiger partial charge in [0.15, 0.2) is 0 Å². The zero-order chi connectivity index (χ0) is 30.2. The first-order valence-corrected chi connectivity index (χ1v) is 16.2. The first-order chi connectivity index (χ1) is 19.5. The highest BCUT2D eigenvalue weighted by Crippen LogP contribution is 2.28. The van der Waals surface area contributed by atoms with Crippen LogP contribution in [0.1, 0.15) is 33.3 Å². The SMILES string of the molecule is CCOc1ccc(N(CC(=O)N(Cc2ccccc2Cl)[C@H](C)C(=O)NC(C)C)S(=O)(=O)c2ccc(SC)cc2)cc1. The van der Waals surface area contributed by atoms with Crippen molar-refractivity contribution in [2.24, 2.45) is 0 Å². The van der Waals surface area contributed by atoms with Gasteiger partial charge in [-0.3, -0.25) is 13.9 Å². The van der Waals surface area contributed by atoms with Gasteiger partial charge in [-0.2, -0.15) is 0 Å². The van der Waals surface area contributed by atoms with Crippen molar-refractivity contribution in [1.82, 2.24) is 10.2 Å². The van der Waals surface area contributed by atoms with Gasteiger partial charge in [-0.25, -0.2) is 8.42 Å². The monoisotopic (exact) mass is 617 g/mol. The summed E-state index contributed by atoms with van der Waals surface area (Å²) in [7, 11) is -4.17. The molecule has 0 heterocycles. The lowest BCUT2D eigenvalue weighted by atomic mass is 10.1. The van der Waals surface area contributed by atoms with Crippen LogP contribution in [0.4, 0.5) is 5.69 Å². The Balaban J connectivity index is 2.05. The van der Waals surface area contributed by atoms with E-state index in [9.17, 15) is 18.0 Å². The third-order valence-corrected chi connectivity index (χ3v) is 9.16. The number of hydrogen-bond acceptors (Lipinski definition) is 6. The Morgan fingerprint density at radius 1 is 0.976 bits per heavy atom. The quantitative estimate of drug-likeness (QED) is 0.251. The summed E-state index contributed by atoms with van der Waals surface area (Å²) in [5, 5.41) is 3.27. The molecule has 11 heteroatoms. The average molecular weight is 618 g/mol. The molecule has 0 aliphatic carbocycles. The second-order valence-corrected chi connectivity index (χ2v) is 12.7. The zero-order valence-electron chi connectivity index (χ0n) is 23.8. The van der Waals surface area contributed by atoms with Crippen molar-refractivity contribution < 1.29 is 22.7 Å². The first-order valence-electron chi connectivity index (χ1n) is 13.2. The van der Waals surface area contributed by atoms with Crippen molar-refractivity contribution in [2.75, 3.05) is 23.7 Å². The van der Waals surface area contributed by atoms with Crippen molar-refractivity contribution in [2.45, 2.75) is 56.1 Å². The molecule has 0 bridgehead atoms. The minimum Gasteiger partial charge on any atom is -0.494 e. The van der Waals surface area contributed by atoms with Gasteiger partial charge in [0, 0.05) is 22.5 Å². The molecule has 2 amide bonds. The van der Waals surface area contributed by atoms with Gasteiger partial charge in [-0.1, -0.05) is 29.8 Å². The lowest BCUT2D eigenvalue weighted by Gasteiger charge is -2.32. The number of benzene rings is 3. The molecule has 0 unspecified atom stereocenters. The van der Waals surface area contributed by atoms with Crippen LogP contribution in [0.5, 0.6) is 5.75 Å². The van der Waals surface area contributed by atoms with E-state index in [0.717, 1.165) is 9.20 Å². The normalized spacial score (nSPS) is 12.1. The molecule has 8 nitrogen and oxygen atoms in total. The third-order valence-electron chi connectivity index (χ3n) is 6.26. The van der Waals surface area contributed by atoms with Crippen molar-refractivity contribution in [3.8, 4) is 5.75 Å². The minimum absolute atomic E-state index is 0.0186. The molecule has 0 spiro atoms. The summed E-state index contributed by atoms with van der Waals surface area (Å²) in [6, 6.07) is 19.0. The molecule has 3 aromatic carbocycles. The topological polar surface area (TPSA) is 96.0 Å². The molecular weight excluding hydrogens is 582 g/mol. The van der Waals surface area contributed by atoms with Crippen LogP contribution in [0.2, 0.25) is 5.02 Å². The fraction of sp³-hybridized carbons (Fsp3) is 0.333. The maximum atomic E-state index is 14.0. The lowest BCUT2D eigenvalue weighted by molar-refractivity contribution is -0.139. The van der Waals surface area contributed by atoms with E-state index in [-0.39, 0.29) is 29.1 Å². The van der Waals surface area contributed by atoms with Crippen molar-refractivity contribution in [1.29, 1.82) is 0 Å². The predicted octanol–water partition coefficient (Wildman–Crippen LogP) is 5.60. The molecule has 1 N–H and O–H groups in total. The number of hydrogen-bond donors (Lipinski definition) is 1. The molecule has 41 heavy (non-hydrogen) atoms. The number of rotatable bonds is 13. The molecule has 1 atom stereocenters. The Morgan fingerprint density at radius 2 is 1.61 bits per heavy atom. The fourth-order valence-electron chi connectivity index (χ4n) is 4.08. The number of ether oxygens (including phenoxy) is 1. The standard InChI is InChI=1S/C30H36ClN3O5S2/c1-6-39-25-13-11-24(12-14-25)34(41(37,38)27-17-15-26(40-5)16-18-27)20-29(35)33(22(4)30(36)32-21(2)3)19-23-9-7-8-10-28(23)31/h7-18,21-22H,6,19-20H2,1-5H3,(H,32,36)/t22-/m1/s1. The van der Waals surface area contributed by atoms with Crippen LogP contribution in [0, 0.1) is 0 Å². The molecular formula is C30H36ClN3O5S2. The number of carbonyl (C=O) groups excluding carboxylic acids is 2. The second-order valence-electron chi connectivity index (χ2n) is 9.57. The fourth-order valence-corrected chi connectivity index (χ4v) is 6.09. The highest BCUT2D eigenvalue weighted by atomic mass is 35.5. The number of nitrogens with one attached hydrogen (secondary N) is 1. The Labute approximate surface area is 252 Å². The van der Waals surface area contributed by atoms with Gasteiger partial charge in [0.2, 0.25) is 11.8 Å². The molecule has 0 aliphatic heterocycles. The van der Waals surface area contributed by atoms with E-state index in [1.54, 1.807) is 67.6 Å². The van der Waals surface area contributed by atoms with Gasteiger partial charge in [0.25, 0.3) is 10.0 Å². The summed E-state index contributed by atoms with van der Waals surface area (Å²) in [4.78, 5) is 29.3. The summed E-state index contributed by atoms with van der Waals surface area (Å²) in [6.07, 6.45) is 1.90. The molecule has 0 radical (unpaired) electrons. The van der Waals surface area contributed by atoms with Gasteiger partial charge in [0.1, 0.15) is 18.3 Å². The number of amides is 2. The van der Waals surface area contributed by atoms with Crippen molar-refractivity contribution >= 4 is 50.9 Å². The molecule has 0 aliphatic rings. The average Bonchev–Trinajstić information content (AvgIpc) is 2.95. The van der Waals surface area contributed by atoms with Gasteiger partial charge < -0.3 is 15.0 Å². The summed E-state index contributed by atoms with van der Waals surface area (Å²) >= 11 is 7.90. The van der Waals surface area contributed by atoms with E-state index < -0.39 is 28.5 Å². The van der Waals surface area contributed by atoms with Crippen LogP contribution in [-0.2, 0) is 26.2 Å². The minimum atomic E-state index is -4.17. The summed E-state index contributed by atoms with van der Waals surface area (Å²) in [6.45, 7) is 7.06. The number of sulfonamides is 1. The van der Waals surface area contributed by atoms with Crippen LogP contribution in [0.15, 0.2) is 82.6 Å². The zero-order valence-corrected chi connectivity index (χ0v) is 26.2. The van der Waals surface area contributed by atoms with Crippen molar-refractivity contribution in [3.63, 3.8) is 0 Å². The maximum absolute atomic E-state index is 14.0. The van der Waals surface area contributed by atoms with Crippen LogP contribution in [0.25, 0.3) is 0 Å². The smallest absolute Gasteiger partial charge is 0.264 e. The molecule has 0 aromatic heterocycles. The van der Waals surface area contributed by atoms with Gasteiger partial charge in [0.05, 0.1) is 17.2 Å². The maximum Gasteiger partial charge on any atom is 0.264 e. The number of halogens is 1. The Bertz CT molecular complexity index is 1430. The van der Waals surface area contributed by atoms with Crippen LogP contribution in [-0.4, -0.2) is 56.6 Å². The Morgan fingerprint density at radius 3 is 2.17 bits per heavy atom. The summed E-state index contributed by atoms with van der Waals surface area (Å²) in [5.41, 5.74) is 0.919. The van der Waals surface area contributed by atoms with E-state index in [1.807, 2.05) is 27.0 Å². The molecule has 0 saturated heterocycles. The summed E-state index contributed by atoms with van der Waals surface area (Å²) in [5.74, 6) is -0.346. The van der Waals surface area contributed by atoms with Crippen LogP contribution >= 0.6 is 23.4 Å². The number of thioether (sulfide) groups is 1. The van der Waals surface area contributed by atoms with E-state index in [4.69, 9.17) is 16.3 Å². The largest absolute Gasteiger partial charge is 0.494 e. The number of nitrogens with zero attached hydrogens (tertiary/aromatic N) is 2. The van der Waals surface area contributed by atoms with Crippen molar-refractivity contribution in [3.05, 3.63) is 83.4 Å². The third kappa shape index (κ3) is 8.40. The Hall–Kier alpha value is -3.21. The molecule has 0 fully saturated rings. The van der Waals surface area contributed by atoms with Gasteiger partial charge in [-0.15, -0.1) is 11.8 Å². The molecule has 0 saturated carbocycles. The van der Waals surface area contributed by atoms with E-state index >= 15 is 0 Å². The summed E-state index contributed by atoms with van der Waals surface area (Å²) < 4.78 is 34.5. The highest BCUT2D eigenvalue weighted by molar-refractivity contribution is 7.98. The van der Waals surface area contributed by atoms with Gasteiger partial charge in [-0.05, 0) is 94.1 Å². The van der Waals surface area contributed by atoms with E-state index in [0.29, 0.717) is 22.9 Å². The van der Waals surface area contributed by atoms with E-state index in [2.05, 4.69) is 5.32 Å². The van der Waals surface area contributed by atoms with Gasteiger partial charge >= 0.3 is 0 Å². The van der Waals surface area contributed by atoms with Crippen LogP contribution in [0.3, 0.4) is 0 Å². The molecule has 220 valence electrons. The molecule has 3 aromatic rings. The van der Waals surface area contributed by atoms with E-state index in [1.165, 1.54) is 28.8 Å². The van der Waals surface area contributed by atoms with Crippen LogP contribution < -0.4 is 14.4 Å². The number of carbonyl (C=O) groups is 2. The Kier molecular flexibility index (Phi) is 11.5.